The monoisotopic (exact) mass is 364 g/mol. The van der Waals surface area contributed by atoms with E-state index in [2.05, 4.69) is 5.32 Å². The molecule has 1 heterocycles. The van der Waals surface area contributed by atoms with Crippen molar-refractivity contribution >= 4 is 28.0 Å². The third-order valence-corrected chi connectivity index (χ3v) is 5.41. The van der Waals surface area contributed by atoms with E-state index in [1.54, 1.807) is 0 Å². The van der Waals surface area contributed by atoms with Crippen LogP contribution in [0.3, 0.4) is 0 Å². The van der Waals surface area contributed by atoms with Crippen molar-refractivity contribution in [3.63, 3.8) is 0 Å². The van der Waals surface area contributed by atoms with E-state index >= 15 is 0 Å². The molecule has 2 aromatic rings. The maximum Gasteiger partial charge on any atom is 0.241 e. The maximum atomic E-state index is 14.1. The van der Waals surface area contributed by atoms with Gasteiger partial charge in [0.15, 0.2) is 0 Å². The van der Waals surface area contributed by atoms with Crippen molar-refractivity contribution in [2.24, 2.45) is 11.7 Å². The number of halogens is 2. The largest absolute Gasteiger partial charge is 0.320 e. The lowest BCUT2D eigenvalue weighted by Gasteiger charge is -2.11. The van der Waals surface area contributed by atoms with Crippen LogP contribution in [0.5, 0.6) is 0 Å². The summed E-state index contributed by atoms with van der Waals surface area (Å²) in [5.74, 6) is -2.68. The highest BCUT2D eigenvalue weighted by Gasteiger charge is 2.33. The van der Waals surface area contributed by atoms with Gasteiger partial charge in [-0.05, 0) is 43.4 Å². The molecule has 1 aromatic carbocycles. The van der Waals surface area contributed by atoms with E-state index in [1.165, 1.54) is 24.3 Å². The summed E-state index contributed by atoms with van der Waals surface area (Å²) in [4.78, 5) is 25.9. The first-order chi connectivity index (χ1) is 11.8. The molecule has 0 saturated heterocycles. The van der Waals surface area contributed by atoms with Crippen LogP contribution < -0.4 is 11.1 Å². The van der Waals surface area contributed by atoms with Gasteiger partial charge in [-0.25, -0.2) is 8.78 Å². The Bertz CT molecular complexity index is 841. The second-order valence-corrected chi connectivity index (χ2v) is 7.53. The number of carbonyl (C=O) groups is 2. The molecule has 0 radical (unpaired) electrons. The Kier molecular flexibility index (Phi) is 4.71. The molecule has 7 heteroatoms. The molecule has 132 valence electrons. The zero-order valence-corrected chi connectivity index (χ0v) is 14.7. The number of rotatable bonds is 4. The van der Waals surface area contributed by atoms with Gasteiger partial charge in [0, 0.05) is 4.88 Å². The van der Waals surface area contributed by atoms with Crippen molar-refractivity contribution in [3.8, 4) is 0 Å². The minimum atomic E-state index is -0.916. The van der Waals surface area contributed by atoms with E-state index in [0.29, 0.717) is 17.3 Å². The van der Waals surface area contributed by atoms with E-state index < -0.39 is 34.9 Å². The number of amides is 1. The number of benzene rings is 1. The molecule has 1 aromatic heterocycles. The van der Waals surface area contributed by atoms with E-state index in [-0.39, 0.29) is 5.56 Å². The van der Waals surface area contributed by atoms with Crippen LogP contribution in [-0.2, 0) is 17.6 Å². The first-order valence-electron chi connectivity index (χ1n) is 7.99. The van der Waals surface area contributed by atoms with Crippen LogP contribution in [0.25, 0.3) is 0 Å². The standard InChI is InChI=1S/C18H18F2N2O2S/c1-8-6-10-13(7-8)25-18(22-17(24)9(2)21)14(10)16(23)15-11(19)4-3-5-12(15)20/h3-5,8-9H,6-7,21H2,1-2H3,(H,22,24)/t8-,9+/m1/s1. The number of carbonyl (C=O) groups excluding carboxylic acids is 2. The summed E-state index contributed by atoms with van der Waals surface area (Å²) in [5, 5.41) is 2.94. The van der Waals surface area contributed by atoms with Gasteiger partial charge in [0.2, 0.25) is 11.7 Å². The summed E-state index contributed by atoms with van der Waals surface area (Å²) in [7, 11) is 0. The molecule has 4 nitrogen and oxygen atoms in total. The lowest BCUT2D eigenvalue weighted by molar-refractivity contribution is -0.117. The summed E-state index contributed by atoms with van der Waals surface area (Å²) >= 11 is 1.28. The fraction of sp³-hybridized carbons (Fsp3) is 0.333. The number of nitrogens with two attached hydrogens (primary N) is 1. The average molecular weight is 364 g/mol. The molecule has 1 aliphatic rings. The van der Waals surface area contributed by atoms with Crippen LogP contribution in [0.4, 0.5) is 13.8 Å². The van der Waals surface area contributed by atoms with E-state index in [1.807, 2.05) is 6.92 Å². The van der Waals surface area contributed by atoms with Gasteiger partial charge in [-0.2, -0.15) is 0 Å². The molecule has 3 rings (SSSR count). The fourth-order valence-electron chi connectivity index (χ4n) is 3.02. The molecule has 0 aliphatic heterocycles. The molecular formula is C18H18F2N2O2S. The van der Waals surface area contributed by atoms with E-state index in [9.17, 15) is 18.4 Å². The van der Waals surface area contributed by atoms with Gasteiger partial charge < -0.3 is 11.1 Å². The average Bonchev–Trinajstić information content (AvgIpc) is 3.01. The van der Waals surface area contributed by atoms with Crippen molar-refractivity contribution < 1.29 is 18.4 Å². The zero-order valence-electron chi connectivity index (χ0n) is 13.9. The van der Waals surface area contributed by atoms with Crippen molar-refractivity contribution in [1.82, 2.24) is 0 Å². The number of hydrogen-bond donors (Lipinski definition) is 2. The lowest BCUT2D eigenvalue weighted by Crippen LogP contribution is -2.32. The molecule has 25 heavy (non-hydrogen) atoms. The quantitative estimate of drug-likeness (QED) is 0.818. The third kappa shape index (κ3) is 3.21. The predicted octanol–water partition coefficient (Wildman–Crippen LogP) is 3.28. The van der Waals surface area contributed by atoms with Gasteiger partial charge in [0.25, 0.3) is 0 Å². The molecule has 0 fully saturated rings. The van der Waals surface area contributed by atoms with Gasteiger partial charge in [0.05, 0.1) is 17.2 Å². The topological polar surface area (TPSA) is 72.2 Å². The molecule has 0 spiro atoms. The highest BCUT2D eigenvalue weighted by atomic mass is 32.1. The van der Waals surface area contributed by atoms with Gasteiger partial charge >= 0.3 is 0 Å². The van der Waals surface area contributed by atoms with E-state index in [0.717, 1.165) is 29.0 Å². The van der Waals surface area contributed by atoms with Gasteiger partial charge in [0.1, 0.15) is 16.6 Å². The summed E-state index contributed by atoms with van der Waals surface area (Å²) in [6, 6.07) is 2.54. The Labute approximate surface area is 148 Å². The number of fused-ring (bicyclic) bond motifs is 1. The Morgan fingerprint density at radius 1 is 1.24 bits per heavy atom. The summed E-state index contributed by atoms with van der Waals surface area (Å²) in [6.07, 6.45) is 1.41. The number of anilines is 1. The van der Waals surface area contributed by atoms with Crippen LogP contribution in [0.1, 0.15) is 40.2 Å². The van der Waals surface area contributed by atoms with Crippen molar-refractivity contribution in [3.05, 3.63) is 51.4 Å². The third-order valence-electron chi connectivity index (χ3n) is 4.24. The molecular weight excluding hydrogens is 346 g/mol. The number of hydrogen-bond acceptors (Lipinski definition) is 4. The van der Waals surface area contributed by atoms with Gasteiger partial charge in [-0.1, -0.05) is 13.0 Å². The lowest BCUT2D eigenvalue weighted by atomic mass is 9.98. The first kappa shape index (κ1) is 17.7. The Hall–Kier alpha value is -2.12. The van der Waals surface area contributed by atoms with E-state index in [4.69, 9.17) is 5.73 Å². The van der Waals surface area contributed by atoms with Gasteiger partial charge in [-0.15, -0.1) is 11.3 Å². The molecule has 1 aliphatic carbocycles. The van der Waals surface area contributed by atoms with Crippen molar-refractivity contribution in [2.45, 2.75) is 32.7 Å². The van der Waals surface area contributed by atoms with Crippen LogP contribution in [0, 0.1) is 17.6 Å². The predicted molar refractivity (Wildman–Crippen MR) is 93.0 cm³/mol. The Balaban J connectivity index is 2.11. The van der Waals surface area contributed by atoms with Gasteiger partial charge in [-0.3, -0.25) is 9.59 Å². The second-order valence-electron chi connectivity index (χ2n) is 6.43. The Morgan fingerprint density at radius 3 is 2.48 bits per heavy atom. The first-order valence-corrected chi connectivity index (χ1v) is 8.81. The normalized spacial score (nSPS) is 17.2. The van der Waals surface area contributed by atoms with Crippen LogP contribution in [0.2, 0.25) is 0 Å². The molecule has 0 unspecified atom stereocenters. The summed E-state index contributed by atoms with van der Waals surface area (Å²) < 4.78 is 28.2. The molecule has 3 N–H and O–H groups in total. The SMILES string of the molecule is C[C@H]1Cc2sc(NC(=O)[C@H](C)N)c(C(=O)c3c(F)cccc3F)c2C1. The molecule has 1 amide bonds. The number of thiophene rings is 1. The zero-order chi connectivity index (χ0) is 18.3. The number of ketones is 1. The van der Waals surface area contributed by atoms with Crippen LogP contribution in [-0.4, -0.2) is 17.7 Å². The molecule has 0 saturated carbocycles. The fourth-order valence-corrected chi connectivity index (χ4v) is 4.42. The smallest absolute Gasteiger partial charge is 0.241 e. The minimum Gasteiger partial charge on any atom is -0.320 e. The molecule has 0 bridgehead atoms. The molecule has 2 atom stereocenters. The minimum absolute atomic E-state index is 0.183. The van der Waals surface area contributed by atoms with Crippen molar-refractivity contribution in [2.75, 3.05) is 5.32 Å². The summed E-state index contributed by atoms with van der Waals surface area (Å²) in [6.45, 7) is 3.57. The maximum absolute atomic E-state index is 14.1. The Morgan fingerprint density at radius 2 is 1.88 bits per heavy atom. The summed E-state index contributed by atoms with van der Waals surface area (Å²) in [5.41, 5.74) is 5.92. The van der Waals surface area contributed by atoms with Crippen molar-refractivity contribution in [1.29, 1.82) is 0 Å². The number of nitrogens with one attached hydrogen (secondary N) is 1. The second kappa shape index (κ2) is 6.65. The van der Waals surface area contributed by atoms with Crippen LogP contribution in [0.15, 0.2) is 18.2 Å². The highest BCUT2D eigenvalue weighted by molar-refractivity contribution is 7.17. The van der Waals surface area contributed by atoms with Crippen LogP contribution >= 0.6 is 11.3 Å². The highest BCUT2D eigenvalue weighted by Crippen LogP contribution is 2.42.